The molecule has 0 aliphatic heterocycles. The fourth-order valence-corrected chi connectivity index (χ4v) is 3.61. The van der Waals surface area contributed by atoms with E-state index in [0.717, 1.165) is 32.1 Å². The third kappa shape index (κ3) is 16.7. The summed E-state index contributed by atoms with van der Waals surface area (Å²) in [5.74, 6) is -3.53. The molecule has 7 heteroatoms. The van der Waals surface area contributed by atoms with E-state index in [1.54, 1.807) is 0 Å². The van der Waals surface area contributed by atoms with Crippen molar-refractivity contribution in [2.75, 3.05) is 26.2 Å². The zero-order valence-corrected chi connectivity index (χ0v) is 18.0. The number of allylic oxidation sites excluding steroid dienone is 2. The number of carboxylic acid groups (broad SMARTS) is 3. The van der Waals surface area contributed by atoms with Gasteiger partial charge in [0, 0.05) is 0 Å². The van der Waals surface area contributed by atoms with E-state index in [-0.39, 0.29) is 6.54 Å². The molecule has 0 saturated carbocycles. The maximum absolute atomic E-state index is 11.1. The molecule has 168 valence electrons. The van der Waals surface area contributed by atoms with Crippen molar-refractivity contribution in [1.29, 1.82) is 0 Å². The van der Waals surface area contributed by atoms with Crippen LogP contribution in [0.4, 0.5) is 0 Å². The molecule has 0 aromatic rings. The Kier molecular flexibility index (Phi) is 15.9. The lowest BCUT2D eigenvalue weighted by molar-refractivity contribution is -0.907. The van der Waals surface area contributed by atoms with Crippen LogP contribution in [0.1, 0.15) is 84.0 Å². The van der Waals surface area contributed by atoms with E-state index < -0.39 is 42.0 Å². The molecule has 0 aliphatic rings. The van der Waals surface area contributed by atoms with Gasteiger partial charge in [0.2, 0.25) is 0 Å². The molecule has 0 aromatic carbocycles. The summed E-state index contributed by atoms with van der Waals surface area (Å²) < 4.78 is -0.446. The van der Waals surface area contributed by atoms with Gasteiger partial charge < -0.3 is 15.3 Å². The molecule has 0 aromatic heterocycles. The van der Waals surface area contributed by atoms with Crippen molar-refractivity contribution in [3.8, 4) is 0 Å². The Labute approximate surface area is 175 Å². The van der Waals surface area contributed by atoms with Crippen LogP contribution in [0.2, 0.25) is 0 Å². The van der Waals surface area contributed by atoms with Gasteiger partial charge in [0.15, 0.2) is 19.6 Å². The molecule has 29 heavy (non-hydrogen) atoms. The first-order chi connectivity index (χ1) is 13.8. The molecule has 0 radical (unpaired) electrons. The van der Waals surface area contributed by atoms with Crippen molar-refractivity contribution >= 4 is 17.9 Å². The van der Waals surface area contributed by atoms with Crippen LogP contribution >= 0.6 is 0 Å². The molecule has 0 unspecified atom stereocenters. The van der Waals surface area contributed by atoms with Gasteiger partial charge in [-0.05, 0) is 38.5 Å². The van der Waals surface area contributed by atoms with E-state index >= 15 is 0 Å². The minimum absolute atomic E-state index is 0.249. The number of nitrogens with zero attached hydrogens (tertiary/aromatic N) is 1. The number of carboxylic acids is 3. The minimum Gasteiger partial charge on any atom is -0.477 e. The fraction of sp³-hybridized carbons (Fsp3) is 0.773. The lowest BCUT2D eigenvalue weighted by Gasteiger charge is -2.34. The largest absolute Gasteiger partial charge is 0.477 e. The summed E-state index contributed by atoms with van der Waals surface area (Å²) >= 11 is 0. The van der Waals surface area contributed by atoms with Crippen molar-refractivity contribution in [2.24, 2.45) is 0 Å². The number of carbonyl (C=O) groups is 3. The number of rotatable bonds is 20. The highest BCUT2D eigenvalue weighted by Gasteiger charge is 2.35. The quantitative estimate of drug-likeness (QED) is 0.155. The smallest absolute Gasteiger partial charge is 0.359 e. The second kappa shape index (κ2) is 17.0. The lowest BCUT2D eigenvalue weighted by atomic mass is 10.1. The van der Waals surface area contributed by atoms with Crippen LogP contribution in [-0.2, 0) is 14.4 Å². The first kappa shape index (κ1) is 27.1. The molecule has 0 spiro atoms. The molecule has 0 aliphatic carbocycles. The summed E-state index contributed by atoms with van der Waals surface area (Å²) in [5.41, 5.74) is 0. The highest BCUT2D eigenvalue weighted by atomic mass is 16.4. The van der Waals surface area contributed by atoms with Crippen molar-refractivity contribution in [3.05, 3.63) is 12.2 Å². The Morgan fingerprint density at radius 2 is 1.00 bits per heavy atom. The van der Waals surface area contributed by atoms with Gasteiger partial charge in [-0.1, -0.05) is 57.6 Å². The number of unbranched alkanes of at least 4 members (excludes halogenated alkanes) is 10. The average Bonchev–Trinajstić information content (AvgIpc) is 2.60. The van der Waals surface area contributed by atoms with E-state index in [1.807, 2.05) is 0 Å². The summed E-state index contributed by atoms with van der Waals surface area (Å²) in [5, 5.41) is 27.2. The molecule has 0 bridgehead atoms. The van der Waals surface area contributed by atoms with Crippen LogP contribution < -0.4 is 0 Å². The average molecular weight is 415 g/mol. The minimum atomic E-state index is -1.18. The zero-order valence-electron chi connectivity index (χ0n) is 18.0. The summed E-state index contributed by atoms with van der Waals surface area (Å²) in [7, 11) is 0. The zero-order chi connectivity index (χ0) is 22.0. The second-order valence-electron chi connectivity index (χ2n) is 7.95. The van der Waals surface area contributed by atoms with Crippen molar-refractivity contribution in [1.82, 2.24) is 0 Å². The van der Waals surface area contributed by atoms with E-state index in [1.165, 1.54) is 38.5 Å². The van der Waals surface area contributed by atoms with Crippen molar-refractivity contribution < 1.29 is 34.2 Å². The number of aliphatic carboxylic acids is 3. The first-order valence-electron chi connectivity index (χ1n) is 11.0. The molecule has 0 fully saturated rings. The van der Waals surface area contributed by atoms with Gasteiger partial charge >= 0.3 is 17.9 Å². The van der Waals surface area contributed by atoms with Crippen LogP contribution in [0.25, 0.3) is 0 Å². The molecule has 0 amide bonds. The van der Waals surface area contributed by atoms with Gasteiger partial charge in [0.25, 0.3) is 0 Å². The predicted octanol–water partition coefficient (Wildman–Crippen LogP) is 4.31. The van der Waals surface area contributed by atoms with Gasteiger partial charge in [-0.15, -0.1) is 0 Å². The summed E-state index contributed by atoms with van der Waals surface area (Å²) in [6, 6.07) is 0. The first-order valence-corrected chi connectivity index (χ1v) is 11.0. The van der Waals surface area contributed by atoms with Gasteiger partial charge in [-0.25, -0.2) is 14.4 Å². The normalized spacial score (nSPS) is 11.8. The van der Waals surface area contributed by atoms with Gasteiger partial charge in [-0.3, -0.25) is 4.48 Å². The Balaban J connectivity index is 4.05. The Hall–Kier alpha value is -1.89. The van der Waals surface area contributed by atoms with Gasteiger partial charge in [-0.2, -0.15) is 0 Å². The molecule has 0 heterocycles. The van der Waals surface area contributed by atoms with Crippen LogP contribution in [0, 0.1) is 0 Å². The van der Waals surface area contributed by atoms with Crippen LogP contribution in [-0.4, -0.2) is 63.9 Å². The summed E-state index contributed by atoms with van der Waals surface area (Å²) in [6.07, 6.45) is 17.9. The van der Waals surface area contributed by atoms with Gasteiger partial charge in [0.05, 0.1) is 6.54 Å². The number of hydrogen-bond acceptors (Lipinski definition) is 3. The van der Waals surface area contributed by atoms with E-state index in [2.05, 4.69) is 19.1 Å². The maximum atomic E-state index is 11.1. The highest BCUT2D eigenvalue weighted by Crippen LogP contribution is 2.13. The molecule has 0 atom stereocenters. The Morgan fingerprint density at radius 3 is 1.41 bits per heavy atom. The number of quaternary nitrogens is 1. The summed E-state index contributed by atoms with van der Waals surface area (Å²) in [6.45, 7) is 1.01. The highest BCUT2D eigenvalue weighted by molar-refractivity contribution is 5.73. The predicted molar refractivity (Wildman–Crippen MR) is 113 cm³/mol. The summed E-state index contributed by atoms with van der Waals surface area (Å²) in [4.78, 5) is 33.3. The van der Waals surface area contributed by atoms with E-state index in [9.17, 15) is 14.4 Å². The lowest BCUT2D eigenvalue weighted by Crippen LogP contribution is -2.57. The Bertz CT molecular complexity index is 463. The van der Waals surface area contributed by atoms with Crippen molar-refractivity contribution in [3.63, 3.8) is 0 Å². The second-order valence-corrected chi connectivity index (χ2v) is 7.95. The van der Waals surface area contributed by atoms with Crippen LogP contribution in [0.5, 0.6) is 0 Å². The molecule has 0 rings (SSSR count). The molecular weight excluding hydrogens is 374 g/mol. The molecule has 0 saturated heterocycles. The Morgan fingerprint density at radius 1 is 0.621 bits per heavy atom. The monoisotopic (exact) mass is 414 g/mol. The topological polar surface area (TPSA) is 112 Å². The van der Waals surface area contributed by atoms with Crippen LogP contribution in [0.15, 0.2) is 12.2 Å². The standard InChI is InChI=1S/C22H39NO6/c1-2-3-4-5-6-7-8-9-10-11-12-13-14-15-16-23(17-20(24)25,18-21(26)27)19-22(28)29/h9-10H,2-8,11-19H2,1H3,(H2-,24,25,26,27,28,29)/p+1/b10-9+. The fourth-order valence-electron chi connectivity index (χ4n) is 3.61. The van der Waals surface area contributed by atoms with Crippen LogP contribution in [0.3, 0.4) is 0 Å². The maximum Gasteiger partial charge on any atom is 0.359 e. The van der Waals surface area contributed by atoms with E-state index in [0.29, 0.717) is 6.42 Å². The van der Waals surface area contributed by atoms with E-state index in [4.69, 9.17) is 15.3 Å². The number of hydrogen-bond donors (Lipinski definition) is 3. The van der Waals surface area contributed by atoms with Gasteiger partial charge in [0.1, 0.15) is 0 Å². The SMILES string of the molecule is CCCCCCCC/C=C/CCCCCC[N+](CC(=O)O)(CC(=O)O)CC(=O)O. The third-order valence-corrected chi connectivity index (χ3v) is 5.06. The molecule has 7 nitrogen and oxygen atoms in total. The van der Waals surface area contributed by atoms with Crippen molar-refractivity contribution in [2.45, 2.75) is 84.0 Å². The molecular formula is C22H40NO6+. The third-order valence-electron chi connectivity index (χ3n) is 5.06. The molecule has 3 N–H and O–H groups in total.